The van der Waals surface area contributed by atoms with Crippen molar-refractivity contribution in [3.05, 3.63) is 42.6 Å². The first-order valence-electron chi connectivity index (χ1n) is 7.59. The van der Waals surface area contributed by atoms with Crippen molar-refractivity contribution in [1.29, 1.82) is 0 Å². The minimum atomic E-state index is -0.426. The second-order valence-electron chi connectivity index (χ2n) is 6.11. The molecule has 0 bridgehead atoms. The van der Waals surface area contributed by atoms with Gasteiger partial charge in [0.1, 0.15) is 0 Å². The highest BCUT2D eigenvalue weighted by Crippen LogP contribution is 2.42. The molecule has 23 heavy (non-hydrogen) atoms. The Morgan fingerprint density at radius 1 is 1.30 bits per heavy atom. The molecule has 0 N–H and O–H groups in total. The molecule has 2 aliphatic heterocycles. The predicted octanol–water partition coefficient (Wildman–Crippen LogP) is 1.54. The summed E-state index contributed by atoms with van der Waals surface area (Å²) in [6.07, 6.45) is 4.11. The summed E-state index contributed by atoms with van der Waals surface area (Å²) >= 11 is 0. The molecule has 0 aliphatic carbocycles. The second kappa shape index (κ2) is 5.73. The van der Waals surface area contributed by atoms with Crippen LogP contribution in [-0.4, -0.2) is 47.9 Å². The van der Waals surface area contributed by atoms with Gasteiger partial charge in [0.05, 0.1) is 37.6 Å². The summed E-state index contributed by atoms with van der Waals surface area (Å²) in [7, 11) is 0. The topological polar surface area (TPSA) is 60.4 Å². The van der Waals surface area contributed by atoms with E-state index in [1.54, 1.807) is 6.20 Å². The number of pyridine rings is 1. The van der Waals surface area contributed by atoms with Gasteiger partial charge in [-0.3, -0.25) is 0 Å². The van der Waals surface area contributed by atoms with E-state index in [0.29, 0.717) is 37.6 Å². The molecule has 2 aromatic heterocycles. The predicted molar refractivity (Wildman–Crippen MR) is 80.7 cm³/mol. The van der Waals surface area contributed by atoms with Crippen LogP contribution in [0.1, 0.15) is 0 Å². The van der Waals surface area contributed by atoms with Crippen LogP contribution in [0.5, 0.6) is 5.88 Å². The lowest BCUT2D eigenvalue weighted by molar-refractivity contribution is 0.108. The van der Waals surface area contributed by atoms with Gasteiger partial charge in [0, 0.05) is 31.3 Å². The lowest BCUT2D eigenvalue weighted by atomic mass is 9.82. The van der Waals surface area contributed by atoms with Crippen molar-refractivity contribution in [3.8, 4) is 5.88 Å². The van der Waals surface area contributed by atoms with Crippen LogP contribution in [0.3, 0.4) is 0 Å². The van der Waals surface area contributed by atoms with Crippen LogP contribution in [0.4, 0.5) is 10.3 Å². The van der Waals surface area contributed by atoms with Crippen molar-refractivity contribution in [2.24, 2.45) is 11.3 Å². The van der Waals surface area contributed by atoms with Crippen molar-refractivity contribution < 1.29 is 13.9 Å². The zero-order valence-electron chi connectivity index (χ0n) is 12.6. The number of ether oxygens (including phenoxy) is 2. The van der Waals surface area contributed by atoms with E-state index < -0.39 is 5.82 Å². The van der Waals surface area contributed by atoms with Gasteiger partial charge in [0.2, 0.25) is 11.8 Å². The fourth-order valence-electron chi connectivity index (χ4n) is 3.31. The summed E-state index contributed by atoms with van der Waals surface area (Å²) in [6, 6.07) is 5.60. The van der Waals surface area contributed by atoms with Crippen LogP contribution >= 0.6 is 0 Å². The third-order valence-electron chi connectivity index (χ3n) is 4.56. The second-order valence-corrected chi connectivity index (χ2v) is 6.11. The maximum Gasteiger partial charge on any atom is 0.225 e. The van der Waals surface area contributed by atoms with Crippen molar-refractivity contribution in [2.75, 3.05) is 37.8 Å². The largest absolute Gasteiger partial charge is 0.477 e. The molecule has 2 aromatic rings. The van der Waals surface area contributed by atoms with Gasteiger partial charge in [0.25, 0.3) is 0 Å². The van der Waals surface area contributed by atoms with Crippen LogP contribution in [0.2, 0.25) is 0 Å². The summed E-state index contributed by atoms with van der Waals surface area (Å²) in [5, 5.41) is 0. The van der Waals surface area contributed by atoms with Gasteiger partial charge in [-0.2, -0.15) is 0 Å². The molecule has 2 saturated heterocycles. The molecule has 7 heteroatoms. The monoisotopic (exact) mass is 316 g/mol. The maximum atomic E-state index is 13.0. The van der Waals surface area contributed by atoms with E-state index >= 15 is 0 Å². The van der Waals surface area contributed by atoms with Crippen LogP contribution in [0, 0.1) is 17.2 Å². The Morgan fingerprint density at radius 3 is 2.96 bits per heavy atom. The summed E-state index contributed by atoms with van der Waals surface area (Å²) in [5.74, 6) is 1.09. The number of rotatable bonds is 4. The highest BCUT2D eigenvalue weighted by Gasteiger charge is 2.52. The molecule has 0 saturated carbocycles. The van der Waals surface area contributed by atoms with Gasteiger partial charge >= 0.3 is 0 Å². The molecule has 0 unspecified atom stereocenters. The van der Waals surface area contributed by atoms with E-state index in [4.69, 9.17) is 9.47 Å². The van der Waals surface area contributed by atoms with E-state index in [0.717, 1.165) is 13.1 Å². The van der Waals surface area contributed by atoms with Crippen molar-refractivity contribution in [1.82, 2.24) is 15.0 Å². The van der Waals surface area contributed by atoms with Gasteiger partial charge in [-0.05, 0) is 6.07 Å². The van der Waals surface area contributed by atoms with E-state index in [1.807, 2.05) is 18.2 Å². The minimum Gasteiger partial charge on any atom is -0.477 e. The normalized spacial score (nSPS) is 26.3. The van der Waals surface area contributed by atoms with E-state index in [-0.39, 0.29) is 5.41 Å². The van der Waals surface area contributed by atoms with E-state index in [1.165, 1.54) is 12.4 Å². The first-order valence-corrected chi connectivity index (χ1v) is 7.59. The van der Waals surface area contributed by atoms with Crippen molar-refractivity contribution >= 4 is 5.95 Å². The highest BCUT2D eigenvalue weighted by atomic mass is 19.1. The van der Waals surface area contributed by atoms with Crippen LogP contribution in [-0.2, 0) is 4.74 Å². The summed E-state index contributed by atoms with van der Waals surface area (Å²) in [5.41, 5.74) is -0.102. The third kappa shape index (κ3) is 2.72. The molecule has 2 fully saturated rings. The first kappa shape index (κ1) is 14.3. The number of hydrogen-bond donors (Lipinski definition) is 0. The smallest absolute Gasteiger partial charge is 0.225 e. The first-order chi connectivity index (χ1) is 11.3. The molecular formula is C16H17FN4O2. The molecular weight excluding hydrogens is 299 g/mol. The number of fused-ring (bicyclic) bond motifs is 1. The number of nitrogens with zero attached hydrogens (tertiary/aromatic N) is 4. The Balaban J connectivity index is 1.49. The van der Waals surface area contributed by atoms with Crippen LogP contribution in [0.25, 0.3) is 0 Å². The number of anilines is 1. The summed E-state index contributed by atoms with van der Waals surface area (Å²) in [4.78, 5) is 14.4. The van der Waals surface area contributed by atoms with Crippen molar-refractivity contribution in [2.45, 2.75) is 0 Å². The summed E-state index contributed by atoms with van der Waals surface area (Å²) in [6.45, 7) is 3.39. The standard InChI is InChI=1S/C16H17FN4O2/c17-13-5-19-15(20-6-13)21-7-12-8-22-10-16(12,9-21)11-23-14-3-1-2-4-18-14/h1-6,12H,7-11H2/t12-,16+/m1/s1. The lowest BCUT2D eigenvalue weighted by Crippen LogP contribution is -2.37. The van der Waals surface area contributed by atoms with Gasteiger partial charge in [0.15, 0.2) is 5.82 Å². The van der Waals surface area contributed by atoms with Crippen LogP contribution < -0.4 is 9.64 Å². The number of hydrogen-bond acceptors (Lipinski definition) is 6. The molecule has 2 atom stereocenters. The highest BCUT2D eigenvalue weighted by molar-refractivity contribution is 5.33. The Hall–Kier alpha value is -2.28. The third-order valence-corrected chi connectivity index (χ3v) is 4.56. The zero-order chi connectivity index (χ0) is 15.7. The number of aromatic nitrogens is 3. The van der Waals surface area contributed by atoms with E-state index in [9.17, 15) is 4.39 Å². The molecule has 120 valence electrons. The summed E-state index contributed by atoms with van der Waals surface area (Å²) < 4.78 is 24.6. The van der Waals surface area contributed by atoms with E-state index in [2.05, 4.69) is 19.9 Å². The van der Waals surface area contributed by atoms with Gasteiger partial charge < -0.3 is 14.4 Å². The Kier molecular flexibility index (Phi) is 3.57. The molecule has 2 aliphatic rings. The molecule has 4 heterocycles. The Labute approximate surface area is 133 Å². The fraction of sp³-hybridized carbons (Fsp3) is 0.438. The Bertz CT molecular complexity index is 670. The quantitative estimate of drug-likeness (QED) is 0.853. The molecule has 4 rings (SSSR count). The number of halogens is 1. The fourth-order valence-corrected chi connectivity index (χ4v) is 3.31. The zero-order valence-corrected chi connectivity index (χ0v) is 12.6. The Morgan fingerprint density at radius 2 is 2.17 bits per heavy atom. The molecule has 6 nitrogen and oxygen atoms in total. The van der Waals surface area contributed by atoms with Gasteiger partial charge in [-0.1, -0.05) is 6.07 Å². The molecule has 0 radical (unpaired) electrons. The molecule has 0 amide bonds. The minimum absolute atomic E-state index is 0.102. The van der Waals surface area contributed by atoms with Gasteiger partial charge in [-0.25, -0.2) is 19.3 Å². The lowest BCUT2D eigenvalue weighted by Gasteiger charge is -2.26. The van der Waals surface area contributed by atoms with Gasteiger partial charge in [-0.15, -0.1) is 0 Å². The SMILES string of the molecule is Fc1cnc(N2C[C@@H]3COC[C@]3(COc3ccccn3)C2)nc1. The molecule has 0 spiro atoms. The maximum absolute atomic E-state index is 13.0. The van der Waals surface area contributed by atoms with Crippen LogP contribution in [0.15, 0.2) is 36.8 Å². The average molecular weight is 316 g/mol. The molecule has 0 aromatic carbocycles. The van der Waals surface area contributed by atoms with Crippen molar-refractivity contribution in [3.63, 3.8) is 0 Å². The average Bonchev–Trinajstić information content (AvgIpc) is 3.12.